The second kappa shape index (κ2) is 5.99. The lowest BCUT2D eigenvalue weighted by molar-refractivity contribution is 0.0526. The molecular formula is C19H23N3O3. The summed E-state index contributed by atoms with van der Waals surface area (Å²) in [6, 6.07) is 7.46. The van der Waals surface area contributed by atoms with E-state index in [1.807, 2.05) is 11.0 Å². The third-order valence-electron chi connectivity index (χ3n) is 5.03. The highest BCUT2D eigenvalue weighted by molar-refractivity contribution is 5.69. The number of carbonyl (C=O) groups is 1. The normalized spacial score (nSPS) is 23.0. The zero-order valence-electron chi connectivity index (χ0n) is 14.8. The highest BCUT2D eigenvalue weighted by atomic mass is 16.5. The Labute approximate surface area is 147 Å². The van der Waals surface area contributed by atoms with Crippen molar-refractivity contribution in [1.82, 2.24) is 4.90 Å². The first-order valence-electron chi connectivity index (χ1n) is 8.42. The summed E-state index contributed by atoms with van der Waals surface area (Å²) in [5.41, 5.74) is 1.24. The van der Waals surface area contributed by atoms with Crippen molar-refractivity contribution in [2.24, 2.45) is 5.41 Å². The van der Waals surface area contributed by atoms with Gasteiger partial charge in [-0.2, -0.15) is 5.26 Å². The molecular weight excluding hydrogens is 318 g/mol. The first-order valence-corrected chi connectivity index (χ1v) is 8.42. The predicted octanol–water partition coefficient (Wildman–Crippen LogP) is 3.79. The first-order chi connectivity index (χ1) is 11.7. The van der Waals surface area contributed by atoms with Crippen LogP contribution in [0.4, 0.5) is 10.5 Å². The molecule has 1 aromatic carbocycles. The Balaban J connectivity index is 1.92. The minimum absolute atomic E-state index is 0.0857. The van der Waals surface area contributed by atoms with E-state index in [0.717, 1.165) is 5.69 Å². The number of likely N-dealkylation sites (tertiary alicyclic amines) is 1. The number of amides is 1. The van der Waals surface area contributed by atoms with Gasteiger partial charge in [-0.15, -0.1) is 0 Å². The van der Waals surface area contributed by atoms with E-state index in [4.69, 9.17) is 4.74 Å². The topological polar surface area (TPSA) is 76.8 Å². The average molecular weight is 341 g/mol. The molecule has 1 fully saturated rings. The third kappa shape index (κ3) is 3.02. The molecule has 6 nitrogen and oxygen atoms in total. The number of hydrogen-bond acceptors (Lipinski definition) is 4. The Bertz CT molecular complexity index is 760. The summed E-state index contributed by atoms with van der Waals surface area (Å²) in [7, 11) is 0. The van der Waals surface area contributed by atoms with Crippen molar-refractivity contribution < 1.29 is 14.6 Å². The number of piperidine rings is 1. The number of anilines is 1. The van der Waals surface area contributed by atoms with Gasteiger partial charge in [0.2, 0.25) is 0 Å². The standard InChI is InChI=1S/C19H23N3O3/c1-12-22(15-9-13(11-20)5-6-16(15)25-12)14-7-8-21(18(23)24)17(10-14)19(2,3)4/h5-6,9,14,17H,1,7-8,10H2,2-4H3,(H,23,24). The molecule has 0 spiro atoms. The molecule has 1 amide bonds. The molecule has 2 aliphatic rings. The molecule has 0 saturated carbocycles. The van der Waals surface area contributed by atoms with Gasteiger partial charge < -0.3 is 19.6 Å². The van der Waals surface area contributed by atoms with Crippen LogP contribution in [0.5, 0.6) is 5.75 Å². The minimum atomic E-state index is -0.873. The van der Waals surface area contributed by atoms with Crippen molar-refractivity contribution in [3.05, 3.63) is 36.2 Å². The third-order valence-corrected chi connectivity index (χ3v) is 5.03. The van der Waals surface area contributed by atoms with Crippen molar-refractivity contribution in [2.45, 2.75) is 45.7 Å². The van der Waals surface area contributed by atoms with Gasteiger partial charge in [0.05, 0.1) is 17.3 Å². The van der Waals surface area contributed by atoms with E-state index < -0.39 is 6.09 Å². The van der Waals surface area contributed by atoms with E-state index in [1.54, 1.807) is 17.0 Å². The Hall–Kier alpha value is -2.68. The number of rotatable bonds is 1. The number of nitriles is 1. The summed E-state index contributed by atoms with van der Waals surface area (Å²) in [6.45, 7) is 10.7. The fraction of sp³-hybridized carbons (Fsp3) is 0.474. The van der Waals surface area contributed by atoms with Crippen LogP contribution in [0, 0.1) is 16.7 Å². The first kappa shape index (κ1) is 17.2. The van der Waals surface area contributed by atoms with Crippen LogP contribution >= 0.6 is 0 Å². The Kier molecular flexibility index (Phi) is 4.11. The molecule has 3 rings (SSSR count). The zero-order chi connectivity index (χ0) is 18.4. The highest BCUT2D eigenvalue weighted by Gasteiger charge is 2.42. The molecule has 2 heterocycles. The van der Waals surface area contributed by atoms with Crippen molar-refractivity contribution in [3.63, 3.8) is 0 Å². The van der Waals surface area contributed by atoms with E-state index in [-0.39, 0.29) is 17.5 Å². The number of carboxylic acid groups (broad SMARTS) is 1. The van der Waals surface area contributed by atoms with Crippen LogP contribution in [-0.2, 0) is 0 Å². The van der Waals surface area contributed by atoms with Gasteiger partial charge in [0.25, 0.3) is 0 Å². The van der Waals surface area contributed by atoms with Crippen molar-refractivity contribution in [1.29, 1.82) is 5.26 Å². The lowest BCUT2D eigenvalue weighted by Crippen LogP contribution is -2.55. The lowest BCUT2D eigenvalue weighted by atomic mass is 9.79. The molecule has 0 radical (unpaired) electrons. The predicted molar refractivity (Wildman–Crippen MR) is 94.4 cm³/mol. The second-order valence-electron chi connectivity index (χ2n) is 7.70. The summed E-state index contributed by atoms with van der Waals surface area (Å²) in [6.07, 6.45) is 0.508. The molecule has 1 aromatic rings. The monoisotopic (exact) mass is 341 g/mol. The van der Waals surface area contributed by atoms with Crippen molar-refractivity contribution >= 4 is 11.8 Å². The maximum atomic E-state index is 11.6. The Morgan fingerprint density at radius 1 is 1.44 bits per heavy atom. The average Bonchev–Trinajstić information content (AvgIpc) is 2.88. The second-order valence-corrected chi connectivity index (χ2v) is 7.70. The Morgan fingerprint density at radius 2 is 2.16 bits per heavy atom. The summed E-state index contributed by atoms with van der Waals surface area (Å²) in [5, 5.41) is 18.7. The summed E-state index contributed by atoms with van der Waals surface area (Å²) in [5.74, 6) is 1.23. The molecule has 2 aliphatic heterocycles. The van der Waals surface area contributed by atoms with Crippen LogP contribution in [-0.4, -0.2) is 34.7 Å². The number of ether oxygens (including phenoxy) is 1. The zero-order valence-corrected chi connectivity index (χ0v) is 14.8. The molecule has 6 heteroatoms. The fourth-order valence-electron chi connectivity index (χ4n) is 3.80. The summed E-state index contributed by atoms with van der Waals surface area (Å²) >= 11 is 0. The summed E-state index contributed by atoms with van der Waals surface area (Å²) in [4.78, 5) is 15.2. The van der Waals surface area contributed by atoms with Crippen LogP contribution in [0.1, 0.15) is 39.2 Å². The van der Waals surface area contributed by atoms with Crippen LogP contribution in [0.3, 0.4) is 0 Å². The number of nitrogens with zero attached hydrogens (tertiary/aromatic N) is 3. The summed E-state index contributed by atoms with van der Waals surface area (Å²) < 4.78 is 5.76. The molecule has 1 saturated heterocycles. The molecule has 1 N–H and O–H groups in total. The molecule has 132 valence electrons. The van der Waals surface area contributed by atoms with E-state index >= 15 is 0 Å². The van der Waals surface area contributed by atoms with Gasteiger partial charge in [-0.25, -0.2) is 4.79 Å². The number of benzene rings is 1. The van der Waals surface area contributed by atoms with Gasteiger partial charge in [-0.05, 0) is 43.0 Å². The largest absolute Gasteiger partial charge is 0.465 e. The van der Waals surface area contributed by atoms with Gasteiger partial charge in [0.1, 0.15) is 0 Å². The van der Waals surface area contributed by atoms with Crippen LogP contribution in [0.15, 0.2) is 30.7 Å². The molecule has 2 unspecified atom stereocenters. The van der Waals surface area contributed by atoms with E-state index in [9.17, 15) is 15.2 Å². The van der Waals surface area contributed by atoms with E-state index in [2.05, 4.69) is 33.4 Å². The molecule has 0 aliphatic carbocycles. The van der Waals surface area contributed by atoms with Gasteiger partial charge in [-0.1, -0.05) is 20.8 Å². The molecule has 0 aromatic heterocycles. The fourth-order valence-corrected chi connectivity index (χ4v) is 3.80. The van der Waals surface area contributed by atoms with Crippen LogP contribution in [0.25, 0.3) is 0 Å². The molecule has 2 atom stereocenters. The smallest absolute Gasteiger partial charge is 0.407 e. The quantitative estimate of drug-likeness (QED) is 0.841. The highest BCUT2D eigenvalue weighted by Crippen LogP contribution is 2.44. The van der Waals surface area contributed by atoms with Crippen molar-refractivity contribution in [2.75, 3.05) is 11.4 Å². The van der Waals surface area contributed by atoms with E-state index in [1.165, 1.54) is 0 Å². The van der Waals surface area contributed by atoms with Gasteiger partial charge >= 0.3 is 6.09 Å². The van der Waals surface area contributed by atoms with Crippen LogP contribution in [0.2, 0.25) is 0 Å². The van der Waals surface area contributed by atoms with Gasteiger partial charge in [0, 0.05) is 18.6 Å². The lowest BCUT2D eigenvalue weighted by Gasteiger charge is -2.46. The van der Waals surface area contributed by atoms with Crippen LogP contribution < -0.4 is 9.64 Å². The van der Waals surface area contributed by atoms with Crippen molar-refractivity contribution in [3.8, 4) is 11.8 Å². The SMILES string of the molecule is C=C1Oc2ccc(C#N)cc2N1C1CCN(C(=O)O)C(C(C)(C)C)C1. The maximum Gasteiger partial charge on any atom is 0.407 e. The minimum Gasteiger partial charge on any atom is -0.465 e. The maximum absolute atomic E-state index is 11.6. The Morgan fingerprint density at radius 3 is 2.76 bits per heavy atom. The number of hydrogen-bond donors (Lipinski definition) is 1. The number of fused-ring (bicyclic) bond motifs is 1. The van der Waals surface area contributed by atoms with Gasteiger partial charge in [0.15, 0.2) is 11.6 Å². The molecule has 25 heavy (non-hydrogen) atoms. The van der Waals surface area contributed by atoms with Gasteiger partial charge in [-0.3, -0.25) is 0 Å². The molecule has 0 bridgehead atoms. The van der Waals surface area contributed by atoms with E-state index in [0.29, 0.717) is 36.6 Å².